The number of pyridine rings is 1. The minimum atomic E-state index is -0.741. The molecule has 2 N–H and O–H groups in total. The highest BCUT2D eigenvalue weighted by atomic mass is 19.1. The summed E-state index contributed by atoms with van der Waals surface area (Å²) in [7, 11) is 0. The smallest absolute Gasteiger partial charge is 0.168 e. The van der Waals surface area contributed by atoms with Crippen LogP contribution in [0.15, 0.2) is 18.5 Å². The summed E-state index contributed by atoms with van der Waals surface area (Å²) in [5.74, 6) is -1.43. The maximum absolute atomic E-state index is 13.7. The van der Waals surface area contributed by atoms with E-state index in [1.54, 1.807) is 12.4 Å². The lowest BCUT2D eigenvalue weighted by molar-refractivity contribution is 0.577. The van der Waals surface area contributed by atoms with Gasteiger partial charge in [0, 0.05) is 18.8 Å². The number of hydrogen-bond donors (Lipinski definition) is 2. The zero-order chi connectivity index (χ0) is 15.2. The summed E-state index contributed by atoms with van der Waals surface area (Å²) in [4.78, 5) is 12.2. The van der Waals surface area contributed by atoms with Crippen molar-refractivity contribution in [1.29, 1.82) is 0 Å². The molecular weight excluding hydrogens is 276 g/mol. The largest absolute Gasteiger partial charge is 0.368 e. The zero-order valence-corrected chi connectivity index (χ0v) is 12.0. The van der Waals surface area contributed by atoms with Crippen LogP contribution in [0.25, 0.3) is 0 Å². The van der Waals surface area contributed by atoms with Crippen molar-refractivity contribution in [2.45, 2.75) is 26.8 Å². The first-order valence-corrected chi connectivity index (χ1v) is 6.71. The standard InChI is InChI=1S/C14H17F2N5/c1-3-4-17-13-11(15)5-12(16)14(21-13)20-8-10-7-18-9(2)6-19-10/h5-7H,3-4,8H2,1-2H3,(H2,17,20,21). The van der Waals surface area contributed by atoms with Gasteiger partial charge in [-0.05, 0) is 13.3 Å². The van der Waals surface area contributed by atoms with Crippen LogP contribution in [0.1, 0.15) is 24.7 Å². The fraction of sp³-hybridized carbons (Fsp3) is 0.357. The van der Waals surface area contributed by atoms with Crippen LogP contribution in [-0.2, 0) is 6.54 Å². The van der Waals surface area contributed by atoms with Gasteiger partial charge in [0.15, 0.2) is 23.3 Å². The highest BCUT2D eigenvalue weighted by Crippen LogP contribution is 2.19. The Morgan fingerprint density at radius 2 is 1.76 bits per heavy atom. The second kappa shape index (κ2) is 6.92. The van der Waals surface area contributed by atoms with Gasteiger partial charge in [0.25, 0.3) is 0 Å². The average molecular weight is 293 g/mol. The Balaban J connectivity index is 2.09. The van der Waals surface area contributed by atoms with Crippen molar-refractivity contribution < 1.29 is 8.78 Å². The highest BCUT2D eigenvalue weighted by molar-refractivity contribution is 5.47. The maximum atomic E-state index is 13.7. The minimum absolute atomic E-state index is 0.0163. The topological polar surface area (TPSA) is 62.7 Å². The zero-order valence-electron chi connectivity index (χ0n) is 12.0. The van der Waals surface area contributed by atoms with Gasteiger partial charge in [0.2, 0.25) is 0 Å². The molecule has 0 aliphatic carbocycles. The molecule has 2 aromatic heterocycles. The van der Waals surface area contributed by atoms with E-state index in [9.17, 15) is 8.78 Å². The first-order valence-electron chi connectivity index (χ1n) is 6.71. The summed E-state index contributed by atoms with van der Waals surface area (Å²) in [6, 6.07) is 0.814. The Kier molecular flexibility index (Phi) is 4.97. The number of aryl methyl sites for hydroxylation is 1. The van der Waals surface area contributed by atoms with Gasteiger partial charge < -0.3 is 10.6 Å². The lowest BCUT2D eigenvalue weighted by Gasteiger charge is -2.10. The quantitative estimate of drug-likeness (QED) is 0.857. The summed E-state index contributed by atoms with van der Waals surface area (Å²) in [6.07, 6.45) is 4.04. The summed E-state index contributed by atoms with van der Waals surface area (Å²) >= 11 is 0. The monoisotopic (exact) mass is 293 g/mol. The van der Waals surface area contributed by atoms with Crippen LogP contribution in [0.3, 0.4) is 0 Å². The third-order valence-electron chi connectivity index (χ3n) is 2.74. The highest BCUT2D eigenvalue weighted by Gasteiger charge is 2.11. The first-order chi connectivity index (χ1) is 10.1. The van der Waals surface area contributed by atoms with Crippen molar-refractivity contribution in [1.82, 2.24) is 15.0 Å². The van der Waals surface area contributed by atoms with Crippen molar-refractivity contribution in [2.24, 2.45) is 0 Å². The summed E-state index contributed by atoms with van der Waals surface area (Å²) in [5.41, 5.74) is 1.45. The lowest BCUT2D eigenvalue weighted by atomic mass is 10.3. The Morgan fingerprint density at radius 3 is 2.38 bits per heavy atom. The maximum Gasteiger partial charge on any atom is 0.168 e. The molecule has 0 saturated carbocycles. The van der Waals surface area contributed by atoms with Crippen LogP contribution in [0.2, 0.25) is 0 Å². The van der Waals surface area contributed by atoms with Crippen LogP contribution in [-0.4, -0.2) is 21.5 Å². The fourth-order valence-corrected chi connectivity index (χ4v) is 1.64. The number of aromatic nitrogens is 3. The van der Waals surface area contributed by atoms with Crippen LogP contribution >= 0.6 is 0 Å². The van der Waals surface area contributed by atoms with Gasteiger partial charge in [0.05, 0.1) is 24.1 Å². The number of halogens is 2. The van der Waals surface area contributed by atoms with E-state index < -0.39 is 11.6 Å². The number of rotatable bonds is 6. The van der Waals surface area contributed by atoms with Crippen molar-refractivity contribution >= 4 is 11.6 Å². The number of hydrogen-bond acceptors (Lipinski definition) is 5. The lowest BCUT2D eigenvalue weighted by Crippen LogP contribution is -2.10. The Labute approximate surface area is 121 Å². The van der Waals surface area contributed by atoms with Crippen molar-refractivity contribution in [3.63, 3.8) is 0 Å². The third kappa shape index (κ3) is 4.08. The second-order valence-corrected chi connectivity index (χ2v) is 4.58. The Bertz CT molecular complexity index is 601. The molecule has 2 rings (SSSR count). The molecule has 112 valence electrons. The predicted octanol–water partition coefficient (Wildman–Crippen LogP) is 2.89. The summed E-state index contributed by atoms with van der Waals surface area (Å²) in [5, 5.41) is 5.61. The van der Waals surface area contributed by atoms with E-state index in [0.717, 1.165) is 18.2 Å². The van der Waals surface area contributed by atoms with E-state index in [1.807, 2.05) is 13.8 Å². The molecule has 0 spiro atoms. The molecule has 0 aliphatic rings. The molecule has 0 unspecified atom stereocenters. The summed E-state index contributed by atoms with van der Waals surface area (Å²) < 4.78 is 27.2. The molecule has 0 aromatic carbocycles. The molecule has 0 fully saturated rings. The molecule has 5 nitrogen and oxygen atoms in total. The minimum Gasteiger partial charge on any atom is -0.368 e. The first kappa shape index (κ1) is 15.1. The molecule has 0 saturated heterocycles. The van der Waals surface area contributed by atoms with Crippen molar-refractivity contribution in [3.8, 4) is 0 Å². The van der Waals surface area contributed by atoms with Gasteiger partial charge in [-0.25, -0.2) is 13.8 Å². The normalized spacial score (nSPS) is 10.5. The molecular formula is C14H17F2N5. The van der Waals surface area contributed by atoms with Gasteiger partial charge in [-0.2, -0.15) is 0 Å². The molecule has 0 amide bonds. The molecule has 2 heterocycles. The van der Waals surface area contributed by atoms with E-state index in [0.29, 0.717) is 12.2 Å². The van der Waals surface area contributed by atoms with E-state index in [-0.39, 0.29) is 18.2 Å². The molecule has 7 heteroatoms. The van der Waals surface area contributed by atoms with Gasteiger partial charge in [-0.3, -0.25) is 9.97 Å². The van der Waals surface area contributed by atoms with E-state index in [2.05, 4.69) is 25.6 Å². The van der Waals surface area contributed by atoms with Gasteiger partial charge in [-0.15, -0.1) is 0 Å². The van der Waals surface area contributed by atoms with Crippen LogP contribution in [0.5, 0.6) is 0 Å². The molecule has 21 heavy (non-hydrogen) atoms. The van der Waals surface area contributed by atoms with Crippen LogP contribution in [0, 0.1) is 18.6 Å². The average Bonchev–Trinajstić information content (AvgIpc) is 2.47. The SMILES string of the molecule is CCCNc1nc(NCc2cnc(C)cn2)c(F)cc1F. The van der Waals surface area contributed by atoms with Crippen LogP contribution < -0.4 is 10.6 Å². The van der Waals surface area contributed by atoms with Crippen molar-refractivity contribution in [3.05, 3.63) is 41.5 Å². The Hall–Kier alpha value is -2.31. The fourth-order valence-electron chi connectivity index (χ4n) is 1.64. The number of nitrogens with zero attached hydrogens (tertiary/aromatic N) is 3. The molecule has 0 atom stereocenters. The Morgan fingerprint density at radius 1 is 1.05 bits per heavy atom. The molecule has 0 bridgehead atoms. The van der Waals surface area contributed by atoms with Crippen LogP contribution in [0.4, 0.5) is 20.4 Å². The number of anilines is 2. The number of nitrogens with one attached hydrogen (secondary N) is 2. The van der Waals surface area contributed by atoms with E-state index in [4.69, 9.17) is 0 Å². The van der Waals surface area contributed by atoms with Gasteiger partial charge in [-0.1, -0.05) is 6.92 Å². The van der Waals surface area contributed by atoms with Gasteiger partial charge >= 0.3 is 0 Å². The second-order valence-electron chi connectivity index (χ2n) is 4.58. The van der Waals surface area contributed by atoms with E-state index >= 15 is 0 Å². The van der Waals surface area contributed by atoms with E-state index in [1.165, 1.54) is 0 Å². The molecule has 0 aliphatic heterocycles. The molecule has 2 aromatic rings. The molecule has 0 radical (unpaired) electrons. The third-order valence-corrected chi connectivity index (χ3v) is 2.74. The predicted molar refractivity (Wildman–Crippen MR) is 77.0 cm³/mol. The summed E-state index contributed by atoms with van der Waals surface area (Å²) in [6.45, 7) is 4.61. The van der Waals surface area contributed by atoms with Crippen molar-refractivity contribution in [2.75, 3.05) is 17.2 Å². The van der Waals surface area contributed by atoms with Gasteiger partial charge in [0.1, 0.15) is 0 Å².